The number of benzene rings is 4. The molecular weight excluding hydrogens is 554 g/mol. The van der Waals surface area contributed by atoms with Crippen molar-refractivity contribution in [3.05, 3.63) is 120 Å². The van der Waals surface area contributed by atoms with Crippen LogP contribution in [0.5, 0.6) is 5.75 Å². The Hall–Kier alpha value is -4.63. The first-order chi connectivity index (χ1) is 20.2. The third-order valence-corrected chi connectivity index (χ3v) is 8.13. The van der Waals surface area contributed by atoms with Gasteiger partial charge in [-0.2, -0.15) is 8.42 Å². The van der Waals surface area contributed by atoms with Crippen LogP contribution >= 0.6 is 0 Å². The van der Waals surface area contributed by atoms with Crippen molar-refractivity contribution in [1.29, 1.82) is 0 Å². The molecule has 0 unspecified atom stereocenters. The number of nitrogens with one attached hydrogen (secondary N) is 1. The number of ether oxygens (including phenoxy) is 2. The first-order valence-corrected chi connectivity index (χ1v) is 15.0. The predicted molar refractivity (Wildman–Crippen MR) is 158 cm³/mol. The van der Waals surface area contributed by atoms with Gasteiger partial charge in [0.2, 0.25) is 0 Å². The monoisotopic (exact) mass is 585 g/mol. The summed E-state index contributed by atoms with van der Waals surface area (Å²) >= 11 is 0. The topological polar surface area (TPSA) is 108 Å². The van der Waals surface area contributed by atoms with Crippen LogP contribution in [0.15, 0.2) is 108 Å². The Morgan fingerprint density at radius 1 is 0.786 bits per heavy atom. The van der Waals surface area contributed by atoms with Gasteiger partial charge < -0.3 is 19.0 Å². The summed E-state index contributed by atoms with van der Waals surface area (Å²) in [6.07, 6.45) is -1.03. The predicted octanol–water partition coefficient (Wildman–Crippen LogP) is 5.86. The van der Waals surface area contributed by atoms with Crippen molar-refractivity contribution in [2.45, 2.75) is 43.2 Å². The highest BCUT2D eigenvalue weighted by Crippen LogP contribution is 2.44. The molecule has 1 aliphatic rings. The maximum absolute atomic E-state index is 12.9. The summed E-state index contributed by atoms with van der Waals surface area (Å²) in [5, 5.41) is 2.65. The Kier molecular flexibility index (Phi) is 8.59. The van der Waals surface area contributed by atoms with Crippen molar-refractivity contribution in [3.8, 4) is 16.9 Å². The summed E-state index contributed by atoms with van der Waals surface area (Å²) in [6.45, 7) is 3.55. The van der Waals surface area contributed by atoms with Gasteiger partial charge in [-0.3, -0.25) is 0 Å². The molecule has 0 fully saturated rings. The Labute approximate surface area is 245 Å². The third-order valence-electron chi connectivity index (χ3n) is 6.87. The average Bonchev–Trinajstić information content (AvgIpc) is 3.30. The third kappa shape index (κ3) is 6.63. The molecule has 1 amide bonds. The summed E-state index contributed by atoms with van der Waals surface area (Å²) in [4.78, 5) is 25.9. The van der Waals surface area contributed by atoms with Crippen LogP contribution in [0.3, 0.4) is 0 Å². The van der Waals surface area contributed by atoms with Crippen molar-refractivity contribution >= 4 is 22.2 Å². The van der Waals surface area contributed by atoms with Crippen LogP contribution in [-0.4, -0.2) is 39.2 Å². The van der Waals surface area contributed by atoms with Gasteiger partial charge in [-0.1, -0.05) is 78.9 Å². The zero-order valence-corrected chi connectivity index (χ0v) is 24.0. The molecule has 1 N–H and O–H groups in total. The van der Waals surface area contributed by atoms with E-state index in [1.807, 2.05) is 36.4 Å². The van der Waals surface area contributed by atoms with Crippen molar-refractivity contribution in [2.75, 3.05) is 6.61 Å². The minimum atomic E-state index is -3.99. The van der Waals surface area contributed by atoms with E-state index in [2.05, 4.69) is 17.4 Å². The van der Waals surface area contributed by atoms with E-state index in [-0.39, 0.29) is 35.7 Å². The molecular formula is C33H31NO7S. The first-order valence-electron chi connectivity index (χ1n) is 13.6. The van der Waals surface area contributed by atoms with E-state index in [0.29, 0.717) is 5.56 Å². The van der Waals surface area contributed by atoms with E-state index in [9.17, 15) is 18.0 Å². The van der Waals surface area contributed by atoms with Gasteiger partial charge >= 0.3 is 22.2 Å². The quantitative estimate of drug-likeness (QED) is 0.184. The smallest absolute Gasteiger partial charge is 0.407 e. The van der Waals surface area contributed by atoms with Gasteiger partial charge in [0, 0.05) is 12.3 Å². The normalized spacial score (nSPS) is 13.1. The zero-order valence-electron chi connectivity index (χ0n) is 23.2. The van der Waals surface area contributed by atoms with Crippen LogP contribution in [0, 0.1) is 0 Å². The summed E-state index contributed by atoms with van der Waals surface area (Å²) < 4.78 is 41.3. The standard InChI is InChI=1S/C33H31NO7S/c1-22(2)40-32(35)31(20-23-16-18-24(19-17-23)41-42(37,38)25-10-4-3-5-11-25)34-33(36)39-21-30-28-14-8-6-12-26(28)27-13-7-9-15-29(27)30/h3-19,22,30-31H,20-21H2,1-2H3,(H,34,36)/t31-/m0/s1. The molecule has 216 valence electrons. The van der Waals surface area contributed by atoms with Crippen LogP contribution in [0.25, 0.3) is 11.1 Å². The molecule has 0 bridgehead atoms. The van der Waals surface area contributed by atoms with Crippen molar-refractivity contribution in [2.24, 2.45) is 0 Å². The van der Waals surface area contributed by atoms with Gasteiger partial charge in [-0.25, -0.2) is 9.59 Å². The SMILES string of the molecule is CC(C)OC(=O)[C@H](Cc1ccc(OS(=O)(=O)c2ccccc2)cc1)NC(=O)OCC1c2ccccc2-c2ccccc21. The Morgan fingerprint density at radius 3 is 1.95 bits per heavy atom. The number of hydrogen-bond donors (Lipinski definition) is 1. The molecule has 0 radical (unpaired) electrons. The highest BCUT2D eigenvalue weighted by Gasteiger charge is 2.30. The van der Waals surface area contributed by atoms with Gasteiger partial charge in [0.15, 0.2) is 0 Å². The molecule has 4 aromatic rings. The maximum atomic E-state index is 12.9. The summed E-state index contributed by atoms with van der Waals surface area (Å²) in [7, 11) is -3.99. The molecule has 0 spiro atoms. The minimum absolute atomic E-state index is 0.0397. The summed E-state index contributed by atoms with van der Waals surface area (Å²) in [5.41, 5.74) is 5.05. The van der Waals surface area contributed by atoms with Crippen LogP contribution in [0.2, 0.25) is 0 Å². The molecule has 0 aromatic heterocycles. The fourth-order valence-electron chi connectivity index (χ4n) is 4.97. The highest BCUT2D eigenvalue weighted by molar-refractivity contribution is 7.87. The van der Waals surface area contributed by atoms with Crippen LogP contribution in [0.1, 0.15) is 36.5 Å². The Bertz CT molecular complexity index is 1620. The molecule has 4 aromatic carbocycles. The van der Waals surface area contributed by atoms with Gasteiger partial charge in [0.1, 0.15) is 23.3 Å². The largest absolute Gasteiger partial charge is 0.461 e. The van der Waals surface area contributed by atoms with E-state index in [0.717, 1.165) is 22.3 Å². The minimum Gasteiger partial charge on any atom is -0.461 e. The fourth-order valence-corrected chi connectivity index (χ4v) is 5.92. The lowest BCUT2D eigenvalue weighted by molar-refractivity contribution is -0.149. The number of fused-ring (bicyclic) bond motifs is 3. The zero-order chi connectivity index (χ0) is 29.7. The second-order valence-corrected chi connectivity index (χ2v) is 11.8. The molecule has 42 heavy (non-hydrogen) atoms. The average molecular weight is 586 g/mol. The van der Waals surface area contributed by atoms with Crippen molar-refractivity contribution in [1.82, 2.24) is 5.32 Å². The summed E-state index contributed by atoms with van der Waals surface area (Å²) in [5.74, 6) is -0.609. The van der Waals surface area contributed by atoms with Gasteiger partial charge in [-0.05, 0) is 65.9 Å². The highest BCUT2D eigenvalue weighted by atomic mass is 32.2. The fraction of sp³-hybridized carbons (Fsp3) is 0.212. The second-order valence-electron chi connectivity index (χ2n) is 10.2. The molecule has 0 saturated heterocycles. The summed E-state index contributed by atoms with van der Waals surface area (Å²) in [6, 6.07) is 29.1. The van der Waals surface area contributed by atoms with Crippen molar-refractivity contribution in [3.63, 3.8) is 0 Å². The van der Waals surface area contributed by atoms with Crippen molar-refractivity contribution < 1.29 is 31.7 Å². The van der Waals surface area contributed by atoms with E-state index in [4.69, 9.17) is 13.7 Å². The molecule has 8 nitrogen and oxygen atoms in total. The number of alkyl carbamates (subject to hydrolysis) is 1. The number of carbonyl (C=O) groups is 2. The lowest BCUT2D eigenvalue weighted by atomic mass is 9.98. The Morgan fingerprint density at radius 2 is 1.36 bits per heavy atom. The number of hydrogen-bond acceptors (Lipinski definition) is 7. The molecule has 0 saturated carbocycles. The Balaban J connectivity index is 1.25. The molecule has 5 rings (SSSR count). The number of carbonyl (C=O) groups excluding carboxylic acids is 2. The van der Waals surface area contributed by atoms with Gasteiger partial charge in [0.25, 0.3) is 0 Å². The number of amides is 1. The number of rotatable bonds is 10. The second kappa shape index (κ2) is 12.5. The van der Waals surface area contributed by atoms with Crippen LogP contribution < -0.4 is 9.50 Å². The van der Waals surface area contributed by atoms with Gasteiger partial charge in [-0.15, -0.1) is 0 Å². The van der Waals surface area contributed by atoms with E-state index >= 15 is 0 Å². The van der Waals surface area contributed by atoms with E-state index in [1.54, 1.807) is 44.2 Å². The van der Waals surface area contributed by atoms with E-state index < -0.39 is 28.2 Å². The molecule has 0 heterocycles. The van der Waals surface area contributed by atoms with E-state index in [1.165, 1.54) is 24.3 Å². The first kappa shape index (κ1) is 28.9. The lowest BCUT2D eigenvalue weighted by Gasteiger charge is -2.20. The molecule has 1 atom stereocenters. The maximum Gasteiger partial charge on any atom is 0.407 e. The van der Waals surface area contributed by atoms with Gasteiger partial charge in [0.05, 0.1) is 6.10 Å². The number of esters is 1. The van der Waals surface area contributed by atoms with Crippen LogP contribution in [-0.2, 0) is 30.8 Å². The molecule has 1 aliphatic carbocycles. The molecule has 9 heteroatoms. The van der Waals surface area contributed by atoms with Crippen LogP contribution in [0.4, 0.5) is 4.79 Å². The molecule has 0 aliphatic heterocycles. The lowest BCUT2D eigenvalue weighted by Crippen LogP contribution is -2.44.